The van der Waals surface area contributed by atoms with Gasteiger partial charge in [-0.05, 0) is 44.2 Å². The SMILES string of the molecule is CCCc1nc(C(=O)NC(C)(CN)C2CC2)nn1-c1ccccc1Cl.Cl. The quantitative estimate of drug-likeness (QED) is 0.750. The highest BCUT2D eigenvalue weighted by Gasteiger charge is 2.42. The average molecular weight is 398 g/mol. The predicted octanol–water partition coefficient (Wildman–Crippen LogP) is 3.15. The van der Waals surface area contributed by atoms with E-state index in [0.717, 1.165) is 30.8 Å². The second-order valence-electron chi connectivity index (χ2n) is 6.81. The van der Waals surface area contributed by atoms with Crippen LogP contribution in [0.5, 0.6) is 0 Å². The molecule has 0 radical (unpaired) electrons. The molecule has 26 heavy (non-hydrogen) atoms. The van der Waals surface area contributed by atoms with Gasteiger partial charge in [0.15, 0.2) is 0 Å². The van der Waals surface area contributed by atoms with Gasteiger partial charge in [0.2, 0.25) is 5.82 Å². The maximum atomic E-state index is 12.7. The van der Waals surface area contributed by atoms with Crippen molar-refractivity contribution in [2.75, 3.05) is 6.54 Å². The highest BCUT2D eigenvalue weighted by molar-refractivity contribution is 6.32. The molecule has 6 nitrogen and oxygen atoms in total. The van der Waals surface area contributed by atoms with Crippen LogP contribution >= 0.6 is 24.0 Å². The van der Waals surface area contributed by atoms with E-state index in [1.54, 1.807) is 10.7 Å². The molecule has 3 N–H and O–H groups in total. The van der Waals surface area contributed by atoms with Crippen molar-refractivity contribution in [3.8, 4) is 5.69 Å². The van der Waals surface area contributed by atoms with Crippen LogP contribution in [0.2, 0.25) is 5.02 Å². The van der Waals surface area contributed by atoms with Crippen molar-refractivity contribution in [1.82, 2.24) is 20.1 Å². The molecule has 8 heteroatoms. The van der Waals surface area contributed by atoms with Crippen molar-refractivity contribution < 1.29 is 4.79 Å². The van der Waals surface area contributed by atoms with E-state index in [-0.39, 0.29) is 24.1 Å². The molecular weight excluding hydrogens is 373 g/mol. The number of halogens is 2. The first-order valence-corrected chi connectivity index (χ1v) is 9.09. The maximum Gasteiger partial charge on any atom is 0.291 e. The lowest BCUT2D eigenvalue weighted by atomic mass is 9.96. The lowest BCUT2D eigenvalue weighted by Crippen LogP contribution is -2.53. The van der Waals surface area contributed by atoms with E-state index in [9.17, 15) is 4.79 Å². The average Bonchev–Trinajstić information content (AvgIpc) is 3.38. The molecule has 1 aromatic carbocycles. The van der Waals surface area contributed by atoms with Crippen LogP contribution in [-0.2, 0) is 6.42 Å². The van der Waals surface area contributed by atoms with Gasteiger partial charge in [-0.25, -0.2) is 9.67 Å². The molecule has 0 aliphatic heterocycles. The number of carbonyl (C=O) groups is 1. The minimum absolute atomic E-state index is 0. The van der Waals surface area contributed by atoms with Gasteiger partial charge in [-0.1, -0.05) is 30.7 Å². The van der Waals surface area contributed by atoms with Crippen molar-refractivity contribution in [2.45, 2.75) is 45.1 Å². The highest BCUT2D eigenvalue weighted by atomic mass is 35.5. The molecule has 1 amide bonds. The van der Waals surface area contributed by atoms with E-state index in [4.69, 9.17) is 17.3 Å². The fourth-order valence-electron chi connectivity index (χ4n) is 3.00. The van der Waals surface area contributed by atoms with Gasteiger partial charge in [-0.15, -0.1) is 17.5 Å². The largest absolute Gasteiger partial charge is 0.343 e. The Morgan fingerprint density at radius 3 is 2.69 bits per heavy atom. The summed E-state index contributed by atoms with van der Waals surface area (Å²) in [4.78, 5) is 17.2. The Morgan fingerprint density at radius 2 is 2.12 bits per heavy atom. The van der Waals surface area contributed by atoms with Gasteiger partial charge in [-0.2, -0.15) is 0 Å². The number of hydrogen-bond donors (Lipinski definition) is 2. The molecule has 1 unspecified atom stereocenters. The monoisotopic (exact) mass is 397 g/mol. The Hall–Kier alpha value is -1.63. The van der Waals surface area contributed by atoms with E-state index in [2.05, 4.69) is 22.3 Å². The summed E-state index contributed by atoms with van der Waals surface area (Å²) >= 11 is 6.29. The zero-order valence-electron chi connectivity index (χ0n) is 15.0. The second kappa shape index (κ2) is 8.37. The summed E-state index contributed by atoms with van der Waals surface area (Å²) in [6, 6.07) is 7.41. The summed E-state index contributed by atoms with van der Waals surface area (Å²) < 4.78 is 1.66. The zero-order valence-corrected chi connectivity index (χ0v) is 16.6. The molecule has 1 heterocycles. The molecule has 1 fully saturated rings. The van der Waals surface area contributed by atoms with Gasteiger partial charge in [-0.3, -0.25) is 4.79 Å². The standard InChI is InChI=1S/C18H24ClN5O.ClH/c1-3-6-15-21-16(17(25)22-18(2,11-20)12-9-10-12)23-24(15)14-8-5-4-7-13(14)19;/h4-5,7-8,12H,3,6,9-11,20H2,1-2H3,(H,22,25);1H. The normalized spacial score (nSPS) is 15.8. The Kier molecular flexibility index (Phi) is 6.66. The number of carbonyl (C=O) groups excluding carboxylic acids is 1. The van der Waals surface area contributed by atoms with Gasteiger partial charge < -0.3 is 11.1 Å². The number of para-hydroxylation sites is 1. The Labute approximate surface area is 164 Å². The molecule has 1 saturated carbocycles. The fraction of sp³-hybridized carbons (Fsp3) is 0.500. The predicted molar refractivity (Wildman–Crippen MR) is 105 cm³/mol. The van der Waals surface area contributed by atoms with E-state index in [1.807, 2.05) is 25.1 Å². The topological polar surface area (TPSA) is 85.8 Å². The first kappa shape index (κ1) is 20.7. The Morgan fingerprint density at radius 1 is 1.42 bits per heavy atom. The summed E-state index contributed by atoms with van der Waals surface area (Å²) in [6.07, 6.45) is 3.79. The summed E-state index contributed by atoms with van der Waals surface area (Å²) in [7, 11) is 0. The van der Waals surface area contributed by atoms with E-state index in [0.29, 0.717) is 23.9 Å². The molecule has 2 aromatic rings. The second-order valence-corrected chi connectivity index (χ2v) is 7.22. The van der Waals surface area contributed by atoms with Crippen LogP contribution in [0.15, 0.2) is 24.3 Å². The number of aromatic nitrogens is 3. The Balaban J connectivity index is 0.00000243. The minimum Gasteiger partial charge on any atom is -0.343 e. The smallest absolute Gasteiger partial charge is 0.291 e. The van der Waals surface area contributed by atoms with Crippen molar-refractivity contribution in [2.24, 2.45) is 11.7 Å². The van der Waals surface area contributed by atoms with E-state index in [1.165, 1.54) is 0 Å². The van der Waals surface area contributed by atoms with Gasteiger partial charge >= 0.3 is 0 Å². The van der Waals surface area contributed by atoms with Crippen molar-refractivity contribution in [1.29, 1.82) is 0 Å². The molecule has 1 atom stereocenters. The zero-order chi connectivity index (χ0) is 18.0. The van der Waals surface area contributed by atoms with E-state index >= 15 is 0 Å². The summed E-state index contributed by atoms with van der Waals surface area (Å²) in [5, 5.41) is 8.03. The first-order chi connectivity index (χ1) is 12.0. The number of rotatable bonds is 7. The number of amides is 1. The van der Waals surface area contributed by atoms with Crippen LogP contribution in [0.25, 0.3) is 5.69 Å². The van der Waals surface area contributed by atoms with Crippen molar-refractivity contribution >= 4 is 29.9 Å². The minimum atomic E-state index is -0.405. The molecule has 142 valence electrons. The van der Waals surface area contributed by atoms with Crippen LogP contribution < -0.4 is 11.1 Å². The van der Waals surface area contributed by atoms with Crippen LogP contribution in [-0.4, -0.2) is 32.8 Å². The molecule has 0 saturated heterocycles. The molecule has 1 aliphatic rings. The maximum absolute atomic E-state index is 12.7. The molecule has 0 bridgehead atoms. The lowest BCUT2D eigenvalue weighted by molar-refractivity contribution is 0.0887. The van der Waals surface area contributed by atoms with Crippen LogP contribution in [0.1, 0.15) is 49.6 Å². The van der Waals surface area contributed by atoms with Gasteiger partial charge in [0.05, 0.1) is 16.2 Å². The number of benzene rings is 1. The van der Waals surface area contributed by atoms with Gasteiger partial charge in [0.25, 0.3) is 5.91 Å². The number of nitrogens with two attached hydrogens (primary N) is 1. The van der Waals surface area contributed by atoms with E-state index < -0.39 is 5.54 Å². The lowest BCUT2D eigenvalue weighted by Gasteiger charge is -2.28. The van der Waals surface area contributed by atoms with Gasteiger partial charge in [0, 0.05) is 13.0 Å². The molecule has 3 rings (SSSR count). The van der Waals surface area contributed by atoms with Gasteiger partial charge in [0.1, 0.15) is 5.82 Å². The molecule has 1 aromatic heterocycles. The third-order valence-corrected chi connectivity index (χ3v) is 5.05. The molecule has 1 aliphatic carbocycles. The molecular formula is C18H25Cl2N5O. The number of aryl methyl sites for hydroxylation is 1. The van der Waals surface area contributed by atoms with Crippen molar-refractivity contribution in [3.63, 3.8) is 0 Å². The summed E-state index contributed by atoms with van der Waals surface area (Å²) in [6.45, 7) is 4.45. The molecule has 0 spiro atoms. The fourth-order valence-corrected chi connectivity index (χ4v) is 3.21. The van der Waals surface area contributed by atoms with Crippen LogP contribution in [0.3, 0.4) is 0 Å². The number of hydrogen-bond acceptors (Lipinski definition) is 4. The van der Waals surface area contributed by atoms with Crippen molar-refractivity contribution in [3.05, 3.63) is 40.9 Å². The first-order valence-electron chi connectivity index (χ1n) is 8.72. The third kappa shape index (κ3) is 4.19. The number of nitrogens with zero attached hydrogens (tertiary/aromatic N) is 3. The summed E-state index contributed by atoms with van der Waals surface area (Å²) in [5.74, 6) is 1.02. The summed E-state index contributed by atoms with van der Waals surface area (Å²) in [5.41, 5.74) is 6.21. The third-order valence-electron chi connectivity index (χ3n) is 4.73. The van der Waals surface area contributed by atoms with Crippen LogP contribution in [0.4, 0.5) is 0 Å². The van der Waals surface area contributed by atoms with Crippen LogP contribution in [0, 0.1) is 5.92 Å². The number of nitrogens with one attached hydrogen (secondary N) is 1. The Bertz CT molecular complexity index is 775. The highest BCUT2D eigenvalue weighted by Crippen LogP contribution is 2.39.